The molecule has 0 atom stereocenters. The van der Waals surface area contributed by atoms with Crippen LogP contribution in [-0.4, -0.2) is 41.2 Å². The lowest BCUT2D eigenvalue weighted by Crippen LogP contribution is -2.39. The Kier molecular flexibility index (Phi) is 3.88. The average molecular weight is 250 g/mol. The van der Waals surface area contributed by atoms with Gasteiger partial charge in [-0.15, -0.1) is 0 Å². The van der Waals surface area contributed by atoms with E-state index in [4.69, 9.17) is 9.84 Å². The molecule has 18 heavy (non-hydrogen) atoms. The Bertz CT molecular complexity index is 438. The van der Waals surface area contributed by atoms with Crippen molar-refractivity contribution in [2.75, 3.05) is 13.2 Å². The van der Waals surface area contributed by atoms with Crippen molar-refractivity contribution in [1.82, 2.24) is 10.3 Å². The van der Waals surface area contributed by atoms with Gasteiger partial charge < -0.3 is 15.2 Å². The van der Waals surface area contributed by atoms with E-state index in [0.29, 0.717) is 13.2 Å². The molecule has 1 aliphatic rings. The second kappa shape index (κ2) is 5.59. The van der Waals surface area contributed by atoms with Crippen LogP contribution in [0.15, 0.2) is 18.3 Å². The molecule has 2 heterocycles. The Hall–Kier alpha value is -1.95. The van der Waals surface area contributed by atoms with E-state index in [9.17, 15) is 9.59 Å². The van der Waals surface area contributed by atoms with Gasteiger partial charge in [0.15, 0.2) is 0 Å². The van der Waals surface area contributed by atoms with Crippen LogP contribution in [0.25, 0.3) is 0 Å². The number of pyridine rings is 1. The smallest absolute Gasteiger partial charge is 0.337 e. The number of carbonyl (C=O) groups is 2. The molecule has 1 saturated heterocycles. The molecule has 6 heteroatoms. The van der Waals surface area contributed by atoms with Gasteiger partial charge in [0.1, 0.15) is 5.69 Å². The number of carboxylic acid groups (broad SMARTS) is 1. The summed E-state index contributed by atoms with van der Waals surface area (Å²) in [5.41, 5.74) is 0.295. The molecule has 0 radical (unpaired) electrons. The van der Waals surface area contributed by atoms with E-state index in [1.807, 2.05) is 0 Å². The number of carboxylic acids is 1. The van der Waals surface area contributed by atoms with Gasteiger partial charge in [-0.3, -0.25) is 9.78 Å². The Balaban J connectivity index is 1.97. The van der Waals surface area contributed by atoms with Gasteiger partial charge in [-0.2, -0.15) is 0 Å². The van der Waals surface area contributed by atoms with Crippen LogP contribution in [0.4, 0.5) is 0 Å². The van der Waals surface area contributed by atoms with Crippen LogP contribution < -0.4 is 5.32 Å². The van der Waals surface area contributed by atoms with Crippen molar-refractivity contribution in [1.29, 1.82) is 0 Å². The number of rotatable bonds is 3. The van der Waals surface area contributed by atoms with Crippen LogP contribution in [-0.2, 0) is 4.74 Å². The molecule has 0 unspecified atom stereocenters. The number of hydrogen-bond donors (Lipinski definition) is 2. The van der Waals surface area contributed by atoms with Crippen molar-refractivity contribution in [3.63, 3.8) is 0 Å². The fraction of sp³-hybridized carbons (Fsp3) is 0.417. The quantitative estimate of drug-likeness (QED) is 0.823. The summed E-state index contributed by atoms with van der Waals surface area (Å²) in [4.78, 5) is 26.3. The fourth-order valence-electron chi connectivity index (χ4n) is 1.76. The van der Waals surface area contributed by atoms with E-state index in [-0.39, 0.29) is 23.2 Å². The zero-order valence-corrected chi connectivity index (χ0v) is 9.76. The summed E-state index contributed by atoms with van der Waals surface area (Å²) < 4.78 is 5.20. The number of carbonyl (C=O) groups excluding carboxylic acids is 1. The second-order valence-electron chi connectivity index (χ2n) is 4.10. The molecule has 2 rings (SSSR count). The van der Waals surface area contributed by atoms with Crippen molar-refractivity contribution < 1.29 is 19.4 Å². The standard InChI is InChI=1S/C12H14N2O4/c15-11(14-9-3-5-18-6-4-9)10-2-1-8(7-13-10)12(16)17/h1-2,7,9H,3-6H2,(H,14,15)(H,16,17). The van der Waals surface area contributed by atoms with Crippen molar-refractivity contribution >= 4 is 11.9 Å². The van der Waals surface area contributed by atoms with Crippen molar-refractivity contribution in [2.24, 2.45) is 0 Å². The lowest BCUT2D eigenvalue weighted by atomic mass is 10.1. The predicted molar refractivity (Wildman–Crippen MR) is 62.5 cm³/mol. The van der Waals surface area contributed by atoms with E-state index in [1.165, 1.54) is 18.3 Å². The highest BCUT2D eigenvalue weighted by Gasteiger charge is 2.17. The molecule has 2 N–H and O–H groups in total. The third-order valence-corrected chi connectivity index (χ3v) is 2.80. The maximum atomic E-state index is 11.8. The summed E-state index contributed by atoms with van der Waals surface area (Å²) in [6.45, 7) is 1.30. The number of nitrogens with one attached hydrogen (secondary N) is 1. The molecule has 1 aliphatic heterocycles. The predicted octanol–water partition coefficient (Wildman–Crippen LogP) is 0.689. The van der Waals surface area contributed by atoms with E-state index in [2.05, 4.69) is 10.3 Å². The maximum absolute atomic E-state index is 11.8. The van der Waals surface area contributed by atoms with Crippen LogP contribution in [0.3, 0.4) is 0 Å². The van der Waals surface area contributed by atoms with Crippen molar-refractivity contribution in [3.05, 3.63) is 29.6 Å². The highest BCUT2D eigenvalue weighted by Crippen LogP contribution is 2.07. The Labute approximate surface area is 104 Å². The van der Waals surface area contributed by atoms with Crippen molar-refractivity contribution in [2.45, 2.75) is 18.9 Å². The minimum Gasteiger partial charge on any atom is -0.478 e. The van der Waals surface area contributed by atoms with Gasteiger partial charge in [0.25, 0.3) is 5.91 Å². The number of aromatic carboxylic acids is 1. The minimum absolute atomic E-state index is 0.0672. The summed E-state index contributed by atoms with van der Waals surface area (Å²) in [7, 11) is 0. The van der Waals surface area contributed by atoms with Crippen LogP contribution in [0.2, 0.25) is 0 Å². The Morgan fingerprint density at radius 1 is 1.33 bits per heavy atom. The molecule has 0 spiro atoms. The fourth-order valence-corrected chi connectivity index (χ4v) is 1.76. The molecular weight excluding hydrogens is 236 g/mol. The van der Waals surface area contributed by atoms with E-state index >= 15 is 0 Å². The van der Waals surface area contributed by atoms with E-state index < -0.39 is 5.97 Å². The number of ether oxygens (including phenoxy) is 1. The first-order valence-corrected chi connectivity index (χ1v) is 5.75. The SMILES string of the molecule is O=C(O)c1ccc(C(=O)NC2CCOCC2)nc1. The summed E-state index contributed by atoms with van der Waals surface area (Å²) in [5.74, 6) is -1.34. The van der Waals surface area contributed by atoms with Gasteiger partial charge in [0.05, 0.1) is 5.56 Å². The lowest BCUT2D eigenvalue weighted by molar-refractivity contribution is 0.0682. The van der Waals surface area contributed by atoms with Gasteiger partial charge in [-0.05, 0) is 25.0 Å². The summed E-state index contributed by atoms with van der Waals surface area (Å²) >= 11 is 0. The van der Waals surface area contributed by atoms with Gasteiger partial charge in [-0.1, -0.05) is 0 Å². The highest BCUT2D eigenvalue weighted by molar-refractivity contribution is 5.93. The van der Waals surface area contributed by atoms with Crippen LogP contribution >= 0.6 is 0 Å². The van der Waals surface area contributed by atoms with E-state index in [0.717, 1.165) is 12.8 Å². The van der Waals surface area contributed by atoms with Crippen LogP contribution in [0.5, 0.6) is 0 Å². The summed E-state index contributed by atoms with van der Waals surface area (Å²) in [5, 5.41) is 11.6. The zero-order valence-electron chi connectivity index (χ0n) is 9.76. The Morgan fingerprint density at radius 3 is 2.61 bits per heavy atom. The molecular formula is C12H14N2O4. The van der Waals surface area contributed by atoms with Crippen LogP contribution in [0.1, 0.15) is 33.7 Å². The second-order valence-corrected chi connectivity index (χ2v) is 4.10. The van der Waals surface area contributed by atoms with Crippen LogP contribution in [0, 0.1) is 0 Å². The first kappa shape index (κ1) is 12.5. The van der Waals surface area contributed by atoms with Gasteiger partial charge in [0.2, 0.25) is 0 Å². The first-order chi connectivity index (χ1) is 8.66. The molecule has 0 aliphatic carbocycles. The topological polar surface area (TPSA) is 88.5 Å². The molecule has 1 amide bonds. The summed E-state index contributed by atoms with van der Waals surface area (Å²) in [6.07, 6.45) is 2.76. The molecule has 6 nitrogen and oxygen atoms in total. The van der Waals surface area contributed by atoms with Crippen molar-refractivity contribution in [3.8, 4) is 0 Å². The van der Waals surface area contributed by atoms with E-state index in [1.54, 1.807) is 0 Å². The molecule has 1 aromatic rings. The third kappa shape index (κ3) is 3.04. The third-order valence-electron chi connectivity index (χ3n) is 2.80. The van der Waals surface area contributed by atoms with Gasteiger partial charge in [0, 0.05) is 25.5 Å². The first-order valence-electron chi connectivity index (χ1n) is 5.75. The number of nitrogens with zero attached hydrogens (tertiary/aromatic N) is 1. The minimum atomic E-state index is -1.06. The highest BCUT2D eigenvalue weighted by atomic mass is 16.5. The lowest BCUT2D eigenvalue weighted by Gasteiger charge is -2.22. The molecule has 0 aromatic carbocycles. The maximum Gasteiger partial charge on any atom is 0.337 e. The zero-order chi connectivity index (χ0) is 13.0. The molecule has 0 bridgehead atoms. The number of amides is 1. The average Bonchev–Trinajstić information content (AvgIpc) is 2.40. The van der Waals surface area contributed by atoms with Gasteiger partial charge >= 0.3 is 5.97 Å². The number of aromatic nitrogens is 1. The molecule has 1 fully saturated rings. The summed E-state index contributed by atoms with van der Waals surface area (Å²) in [6, 6.07) is 2.89. The van der Waals surface area contributed by atoms with Gasteiger partial charge in [-0.25, -0.2) is 4.79 Å². The molecule has 0 saturated carbocycles. The number of hydrogen-bond acceptors (Lipinski definition) is 4. The molecule has 96 valence electrons. The molecule has 1 aromatic heterocycles. The Morgan fingerprint density at radius 2 is 2.06 bits per heavy atom. The largest absolute Gasteiger partial charge is 0.478 e. The normalized spacial score (nSPS) is 16.2. The monoisotopic (exact) mass is 250 g/mol.